The summed E-state index contributed by atoms with van der Waals surface area (Å²) >= 11 is 0. The number of aliphatic imine (C=N–C) groups is 1. The molecule has 2 rings (SSSR count). The van der Waals surface area contributed by atoms with Crippen LogP contribution in [0.3, 0.4) is 0 Å². The van der Waals surface area contributed by atoms with E-state index in [1.54, 1.807) is 12.3 Å². The number of hydrogen-bond acceptors (Lipinski definition) is 3. The van der Waals surface area contributed by atoms with E-state index in [4.69, 9.17) is 5.73 Å². The SMILES string of the molecule is CCc1cccc(NC(N)=NCCC(=O)Nc2ccc(C)cn2)c1. The molecule has 6 nitrogen and oxygen atoms in total. The van der Waals surface area contributed by atoms with Crippen molar-refractivity contribution >= 4 is 23.4 Å². The van der Waals surface area contributed by atoms with Gasteiger partial charge in [0.05, 0.1) is 6.54 Å². The lowest BCUT2D eigenvalue weighted by molar-refractivity contribution is -0.116. The first-order chi connectivity index (χ1) is 11.6. The zero-order chi connectivity index (χ0) is 17.4. The van der Waals surface area contributed by atoms with E-state index in [0.29, 0.717) is 18.3 Å². The molecule has 24 heavy (non-hydrogen) atoms. The van der Waals surface area contributed by atoms with Crippen molar-refractivity contribution in [2.75, 3.05) is 17.2 Å². The molecule has 0 bridgehead atoms. The monoisotopic (exact) mass is 325 g/mol. The average Bonchev–Trinajstić information content (AvgIpc) is 2.57. The van der Waals surface area contributed by atoms with Crippen LogP contribution in [0.4, 0.5) is 11.5 Å². The van der Waals surface area contributed by atoms with Crippen LogP contribution >= 0.6 is 0 Å². The average molecular weight is 325 g/mol. The summed E-state index contributed by atoms with van der Waals surface area (Å²) in [4.78, 5) is 20.1. The lowest BCUT2D eigenvalue weighted by atomic mass is 10.1. The van der Waals surface area contributed by atoms with Gasteiger partial charge in [0.1, 0.15) is 5.82 Å². The van der Waals surface area contributed by atoms with Gasteiger partial charge in [-0.3, -0.25) is 9.79 Å². The molecule has 0 spiro atoms. The summed E-state index contributed by atoms with van der Waals surface area (Å²) in [5, 5.41) is 5.76. The summed E-state index contributed by atoms with van der Waals surface area (Å²) < 4.78 is 0. The highest BCUT2D eigenvalue weighted by atomic mass is 16.1. The van der Waals surface area contributed by atoms with Gasteiger partial charge in [0.2, 0.25) is 5.91 Å². The number of rotatable bonds is 6. The highest BCUT2D eigenvalue weighted by Gasteiger charge is 2.03. The molecule has 0 fully saturated rings. The van der Waals surface area contributed by atoms with Crippen LogP contribution in [-0.4, -0.2) is 23.4 Å². The predicted molar refractivity (Wildman–Crippen MR) is 98.2 cm³/mol. The first-order valence-corrected chi connectivity index (χ1v) is 7.95. The Labute approximate surface area is 142 Å². The number of guanidine groups is 1. The van der Waals surface area contributed by atoms with Crippen LogP contribution in [0.5, 0.6) is 0 Å². The number of aryl methyl sites for hydroxylation is 2. The number of amides is 1. The van der Waals surface area contributed by atoms with Gasteiger partial charge in [-0.05, 0) is 42.7 Å². The Kier molecular flexibility index (Phi) is 6.31. The second-order valence-corrected chi connectivity index (χ2v) is 5.46. The van der Waals surface area contributed by atoms with Crippen molar-refractivity contribution in [3.63, 3.8) is 0 Å². The van der Waals surface area contributed by atoms with Crippen molar-refractivity contribution in [1.82, 2.24) is 4.98 Å². The van der Waals surface area contributed by atoms with Gasteiger partial charge in [-0.25, -0.2) is 4.98 Å². The number of aromatic nitrogens is 1. The molecule has 0 saturated heterocycles. The summed E-state index contributed by atoms with van der Waals surface area (Å²) in [7, 11) is 0. The molecule has 1 heterocycles. The maximum atomic E-state index is 11.8. The van der Waals surface area contributed by atoms with E-state index in [-0.39, 0.29) is 12.3 Å². The normalized spacial score (nSPS) is 11.2. The molecule has 6 heteroatoms. The lowest BCUT2D eigenvalue weighted by Gasteiger charge is -2.07. The van der Waals surface area contributed by atoms with Gasteiger partial charge < -0.3 is 16.4 Å². The van der Waals surface area contributed by atoms with Crippen LogP contribution in [-0.2, 0) is 11.2 Å². The number of carbonyl (C=O) groups excluding carboxylic acids is 1. The fourth-order valence-electron chi connectivity index (χ4n) is 2.08. The molecule has 0 unspecified atom stereocenters. The number of carbonyl (C=O) groups is 1. The second-order valence-electron chi connectivity index (χ2n) is 5.46. The van der Waals surface area contributed by atoms with Gasteiger partial charge in [-0.1, -0.05) is 25.1 Å². The van der Waals surface area contributed by atoms with Crippen LogP contribution in [0, 0.1) is 6.92 Å². The largest absolute Gasteiger partial charge is 0.370 e. The Bertz CT molecular complexity index is 710. The maximum absolute atomic E-state index is 11.8. The molecule has 4 N–H and O–H groups in total. The zero-order valence-corrected chi connectivity index (χ0v) is 14.0. The van der Waals surface area contributed by atoms with Gasteiger partial charge in [-0.15, -0.1) is 0 Å². The summed E-state index contributed by atoms with van der Waals surface area (Å²) in [6.07, 6.45) is 2.91. The minimum atomic E-state index is -0.143. The maximum Gasteiger partial charge on any atom is 0.227 e. The van der Waals surface area contributed by atoms with Gasteiger partial charge >= 0.3 is 0 Å². The van der Waals surface area contributed by atoms with Crippen molar-refractivity contribution < 1.29 is 4.79 Å². The highest BCUT2D eigenvalue weighted by Crippen LogP contribution is 2.10. The quantitative estimate of drug-likeness (QED) is 0.562. The zero-order valence-electron chi connectivity index (χ0n) is 14.0. The van der Waals surface area contributed by atoms with Crippen molar-refractivity contribution in [3.05, 3.63) is 53.7 Å². The number of hydrogen-bond donors (Lipinski definition) is 3. The summed E-state index contributed by atoms with van der Waals surface area (Å²) in [6, 6.07) is 11.6. The molecular weight excluding hydrogens is 302 g/mol. The van der Waals surface area contributed by atoms with E-state index >= 15 is 0 Å². The Morgan fingerprint density at radius 3 is 2.79 bits per heavy atom. The highest BCUT2D eigenvalue weighted by molar-refractivity contribution is 5.93. The van der Waals surface area contributed by atoms with Crippen LogP contribution in [0.2, 0.25) is 0 Å². The third-order valence-corrected chi connectivity index (χ3v) is 3.41. The van der Waals surface area contributed by atoms with Crippen molar-refractivity contribution in [2.24, 2.45) is 10.7 Å². The van der Waals surface area contributed by atoms with E-state index in [1.807, 2.05) is 31.2 Å². The molecule has 0 aliphatic heterocycles. The smallest absolute Gasteiger partial charge is 0.227 e. The molecule has 1 amide bonds. The van der Waals surface area contributed by atoms with Crippen LogP contribution in [0.1, 0.15) is 24.5 Å². The second kappa shape index (κ2) is 8.67. The summed E-state index contributed by atoms with van der Waals surface area (Å²) in [6.45, 7) is 4.35. The number of pyridine rings is 1. The van der Waals surface area contributed by atoms with Crippen LogP contribution in [0.25, 0.3) is 0 Å². The molecule has 0 aliphatic carbocycles. The molecular formula is C18H23N5O. The third kappa shape index (κ3) is 5.72. The number of nitrogens with two attached hydrogens (primary N) is 1. The fraction of sp³-hybridized carbons (Fsp3) is 0.278. The Balaban J connectivity index is 1.79. The van der Waals surface area contributed by atoms with E-state index < -0.39 is 0 Å². The molecule has 1 aromatic carbocycles. The Hall–Kier alpha value is -2.89. The topological polar surface area (TPSA) is 92.4 Å². The fourth-order valence-corrected chi connectivity index (χ4v) is 2.08. The van der Waals surface area contributed by atoms with E-state index in [2.05, 4.69) is 33.6 Å². The minimum Gasteiger partial charge on any atom is -0.370 e. The molecule has 0 aliphatic rings. The Morgan fingerprint density at radius 2 is 2.08 bits per heavy atom. The summed E-state index contributed by atoms with van der Waals surface area (Å²) in [5.74, 6) is 0.692. The third-order valence-electron chi connectivity index (χ3n) is 3.41. The predicted octanol–water partition coefficient (Wildman–Crippen LogP) is 2.71. The van der Waals surface area contributed by atoms with Gasteiger partial charge in [0.15, 0.2) is 5.96 Å². The van der Waals surface area contributed by atoms with Crippen molar-refractivity contribution in [2.45, 2.75) is 26.7 Å². The van der Waals surface area contributed by atoms with E-state index in [0.717, 1.165) is 17.7 Å². The molecule has 0 saturated carbocycles. The van der Waals surface area contributed by atoms with E-state index in [1.165, 1.54) is 5.56 Å². The van der Waals surface area contributed by atoms with E-state index in [9.17, 15) is 4.79 Å². The Morgan fingerprint density at radius 1 is 1.25 bits per heavy atom. The number of nitrogens with one attached hydrogen (secondary N) is 2. The number of anilines is 2. The first kappa shape index (κ1) is 17.5. The van der Waals surface area contributed by atoms with Crippen molar-refractivity contribution in [3.8, 4) is 0 Å². The standard InChI is InChI=1S/C18H23N5O/c1-3-14-5-4-6-15(11-14)22-18(19)20-10-9-17(24)23-16-8-7-13(2)12-21-16/h4-8,11-12H,3,9-10H2,1-2H3,(H3,19,20,22)(H,21,23,24). The molecule has 126 valence electrons. The number of benzene rings is 1. The van der Waals surface area contributed by atoms with Gasteiger partial charge in [0, 0.05) is 18.3 Å². The minimum absolute atomic E-state index is 0.143. The molecule has 1 aromatic heterocycles. The van der Waals surface area contributed by atoms with Gasteiger partial charge in [0.25, 0.3) is 0 Å². The number of nitrogens with zero attached hydrogens (tertiary/aromatic N) is 2. The molecule has 2 aromatic rings. The van der Waals surface area contributed by atoms with Crippen LogP contribution in [0.15, 0.2) is 47.6 Å². The van der Waals surface area contributed by atoms with Crippen LogP contribution < -0.4 is 16.4 Å². The van der Waals surface area contributed by atoms with Gasteiger partial charge in [-0.2, -0.15) is 0 Å². The van der Waals surface area contributed by atoms with Crippen molar-refractivity contribution in [1.29, 1.82) is 0 Å². The molecule has 0 atom stereocenters. The first-order valence-electron chi connectivity index (χ1n) is 7.95. The molecule has 0 radical (unpaired) electrons. The lowest BCUT2D eigenvalue weighted by Crippen LogP contribution is -2.23. The summed E-state index contributed by atoms with van der Waals surface area (Å²) in [5.41, 5.74) is 9.01.